The monoisotopic (exact) mass is 164 g/mol. The molecule has 2 aliphatic rings. The smallest absolute Gasteiger partial charge is 0.179 e. The van der Waals surface area contributed by atoms with Gasteiger partial charge in [0, 0.05) is 0 Å². The van der Waals surface area contributed by atoms with Crippen molar-refractivity contribution in [1.82, 2.24) is 4.90 Å². The summed E-state index contributed by atoms with van der Waals surface area (Å²) in [5.74, 6) is 0.827. The number of hydrogen-bond donors (Lipinski definition) is 0. The van der Waals surface area contributed by atoms with Crippen LogP contribution in [0.15, 0.2) is 0 Å². The largest absolute Gasteiger partial charge is 0.300 e. The van der Waals surface area contributed by atoms with Crippen molar-refractivity contribution < 1.29 is 0 Å². The van der Waals surface area contributed by atoms with E-state index >= 15 is 0 Å². The Bertz CT molecular complexity index is 200. The van der Waals surface area contributed by atoms with Crippen molar-refractivity contribution in [3.63, 3.8) is 0 Å². The molecule has 0 amide bonds. The van der Waals surface area contributed by atoms with E-state index in [1.807, 2.05) is 4.90 Å². The molecular formula is C10H16N2. The molecule has 2 rings (SSSR count). The van der Waals surface area contributed by atoms with Gasteiger partial charge in [-0.05, 0) is 25.7 Å². The fraction of sp³-hybridized carbons (Fsp3) is 0.900. The third kappa shape index (κ3) is 1.18. The van der Waals surface area contributed by atoms with Crippen molar-refractivity contribution in [2.45, 2.75) is 51.1 Å². The molecular weight excluding hydrogens is 148 g/mol. The van der Waals surface area contributed by atoms with Crippen molar-refractivity contribution in [3.05, 3.63) is 0 Å². The van der Waals surface area contributed by atoms with E-state index in [1.54, 1.807) is 0 Å². The first kappa shape index (κ1) is 7.91. The van der Waals surface area contributed by atoms with Gasteiger partial charge in [-0.15, -0.1) is 0 Å². The van der Waals surface area contributed by atoms with Gasteiger partial charge in [0.25, 0.3) is 0 Å². The first-order valence-corrected chi connectivity index (χ1v) is 5.02. The highest BCUT2D eigenvalue weighted by Crippen LogP contribution is 2.40. The highest BCUT2D eigenvalue weighted by Gasteiger charge is 2.48. The fourth-order valence-electron chi connectivity index (χ4n) is 2.63. The maximum absolute atomic E-state index is 8.75. The molecule has 1 aliphatic carbocycles. The average molecular weight is 164 g/mol. The molecule has 2 unspecified atom stereocenters. The summed E-state index contributed by atoms with van der Waals surface area (Å²) in [6.45, 7) is 2.17. The molecule has 2 atom stereocenters. The van der Waals surface area contributed by atoms with Gasteiger partial charge >= 0.3 is 0 Å². The molecule has 1 saturated carbocycles. The highest BCUT2D eigenvalue weighted by molar-refractivity contribution is 5.09. The van der Waals surface area contributed by atoms with Crippen LogP contribution in [-0.4, -0.2) is 17.0 Å². The van der Waals surface area contributed by atoms with E-state index in [1.165, 1.54) is 32.1 Å². The molecule has 0 aromatic heterocycles. The molecule has 1 aliphatic heterocycles. The zero-order chi connectivity index (χ0) is 8.55. The minimum absolute atomic E-state index is 0.540. The molecule has 1 heterocycles. The van der Waals surface area contributed by atoms with Crippen LogP contribution in [0.1, 0.15) is 39.0 Å². The van der Waals surface area contributed by atoms with E-state index in [0.717, 1.165) is 5.92 Å². The molecule has 1 saturated heterocycles. The van der Waals surface area contributed by atoms with Crippen molar-refractivity contribution in [1.29, 1.82) is 5.26 Å². The Morgan fingerprint density at radius 2 is 1.92 bits per heavy atom. The molecule has 0 radical (unpaired) electrons. The van der Waals surface area contributed by atoms with Crippen LogP contribution in [0, 0.1) is 17.4 Å². The van der Waals surface area contributed by atoms with Gasteiger partial charge in [0.05, 0.1) is 12.1 Å². The lowest BCUT2D eigenvalue weighted by atomic mass is 9.86. The summed E-state index contributed by atoms with van der Waals surface area (Å²) in [6.07, 6.45) is 9.15. The Labute approximate surface area is 74.2 Å². The number of nitrogens with zero attached hydrogens (tertiary/aromatic N) is 2. The number of rotatable bonds is 1. The highest BCUT2D eigenvalue weighted by atomic mass is 15.3. The van der Waals surface area contributed by atoms with Gasteiger partial charge in [-0.25, -0.2) is 0 Å². The topological polar surface area (TPSA) is 26.8 Å². The number of hydrogen-bond acceptors (Lipinski definition) is 2. The van der Waals surface area contributed by atoms with Crippen LogP contribution < -0.4 is 0 Å². The Morgan fingerprint density at radius 1 is 1.25 bits per heavy atom. The lowest BCUT2D eigenvalue weighted by Crippen LogP contribution is -2.15. The Morgan fingerprint density at radius 3 is 2.42 bits per heavy atom. The first-order valence-electron chi connectivity index (χ1n) is 5.02. The Kier molecular flexibility index (Phi) is 1.96. The first-order chi connectivity index (χ1) is 5.84. The van der Waals surface area contributed by atoms with Crippen LogP contribution in [0.2, 0.25) is 0 Å². The third-order valence-corrected chi connectivity index (χ3v) is 3.41. The summed E-state index contributed by atoms with van der Waals surface area (Å²) in [7, 11) is 0. The van der Waals surface area contributed by atoms with Gasteiger partial charge in [-0.1, -0.05) is 19.3 Å². The lowest BCUT2D eigenvalue weighted by molar-refractivity contribution is 0.332. The van der Waals surface area contributed by atoms with Crippen LogP contribution in [0.25, 0.3) is 0 Å². The zero-order valence-corrected chi connectivity index (χ0v) is 7.66. The predicted octanol–water partition coefficient (Wildman–Crippen LogP) is 2.12. The van der Waals surface area contributed by atoms with Crippen molar-refractivity contribution in [2.24, 2.45) is 5.92 Å². The van der Waals surface area contributed by atoms with Gasteiger partial charge in [-0.3, -0.25) is 0 Å². The SMILES string of the molecule is CC1C(C2CCCCC2)N1C#N. The second kappa shape index (κ2) is 2.97. The predicted molar refractivity (Wildman–Crippen MR) is 47.3 cm³/mol. The molecule has 0 aromatic rings. The van der Waals surface area contributed by atoms with Gasteiger partial charge in [0.2, 0.25) is 0 Å². The van der Waals surface area contributed by atoms with Crippen molar-refractivity contribution >= 4 is 0 Å². The van der Waals surface area contributed by atoms with Gasteiger partial charge < -0.3 is 4.90 Å². The maximum atomic E-state index is 8.75. The van der Waals surface area contributed by atoms with Crippen LogP contribution in [0.4, 0.5) is 0 Å². The van der Waals surface area contributed by atoms with Gasteiger partial charge in [0.1, 0.15) is 0 Å². The van der Waals surface area contributed by atoms with Crippen LogP contribution in [-0.2, 0) is 0 Å². The molecule has 0 aromatic carbocycles. The molecule has 0 spiro atoms. The van der Waals surface area contributed by atoms with E-state index in [2.05, 4.69) is 13.1 Å². The average Bonchev–Trinajstić information content (AvgIpc) is 2.78. The summed E-state index contributed by atoms with van der Waals surface area (Å²) >= 11 is 0. The zero-order valence-electron chi connectivity index (χ0n) is 7.66. The van der Waals surface area contributed by atoms with Crippen LogP contribution in [0.3, 0.4) is 0 Å². The molecule has 2 nitrogen and oxygen atoms in total. The lowest BCUT2D eigenvalue weighted by Gasteiger charge is -2.20. The van der Waals surface area contributed by atoms with E-state index in [0.29, 0.717) is 12.1 Å². The van der Waals surface area contributed by atoms with E-state index in [-0.39, 0.29) is 0 Å². The second-order valence-corrected chi connectivity index (χ2v) is 4.14. The minimum atomic E-state index is 0.540. The van der Waals surface area contributed by atoms with E-state index in [4.69, 9.17) is 5.26 Å². The van der Waals surface area contributed by atoms with Gasteiger partial charge in [0.15, 0.2) is 6.19 Å². The molecule has 0 bridgehead atoms. The molecule has 2 heteroatoms. The number of nitriles is 1. The maximum Gasteiger partial charge on any atom is 0.179 e. The van der Waals surface area contributed by atoms with Crippen molar-refractivity contribution in [2.75, 3.05) is 0 Å². The third-order valence-electron chi connectivity index (χ3n) is 3.41. The van der Waals surface area contributed by atoms with Crippen LogP contribution in [0.5, 0.6) is 0 Å². The minimum Gasteiger partial charge on any atom is -0.300 e. The van der Waals surface area contributed by atoms with Crippen LogP contribution >= 0.6 is 0 Å². The normalized spacial score (nSPS) is 36.2. The van der Waals surface area contributed by atoms with E-state index in [9.17, 15) is 0 Å². The summed E-state index contributed by atoms with van der Waals surface area (Å²) in [6, 6.07) is 1.15. The molecule has 66 valence electrons. The summed E-state index contributed by atoms with van der Waals surface area (Å²) in [4.78, 5) is 1.95. The second-order valence-electron chi connectivity index (χ2n) is 4.14. The van der Waals surface area contributed by atoms with E-state index < -0.39 is 0 Å². The molecule has 0 N–H and O–H groups in total. The fourth-order valence-corrected chi connectivity index (χ4v) is 2.63. The van der Waals surface area contributed by atoms with Crippen molar-refractivity contribution in [3.8, 4) is 6.19 Å². The summed E-state index contributed by atoms with van der Waals surface area (Å²) in [5.41, 5.74) is 0. The quantitative estimate of drug-likeness (QED) is 0.438. The van der Waals surface area contributed by atoms with Gasteiger partial charge in [-0.2, -0.15) is 5.26 Å². The molecule has 12 heavy (non-hydrogen) atoms. The molecule has 2 fully saturated rings. The summed E-state index contributed by atoms with van der Waals surface area (Å²) in [5, 5.41) is 8.75. The summed E-state index contributed by atoms with van der Waals surface area (Å²) < 4.78 is 0. The Balaban J connectivity index is 1.90. The standard InChI is InChI=1S/C10H16N2/c1-8-10(12(8)7-11)9-5-3-2-4-6-9/h8-10H,2-6H2,1H3. The Hall–Kier alpha value is -0.710.